The molecule has 3 aromatic rings. The van der Waals surface area contributed by atoms with Crippen molar-refractivity contribution in [3.8, 4) is 0 Å². The normalized spacial score (nSPS) is 18.7. The van der Waals surface area contributed by atoms with Crippen LogP contribution < -0.4 is 0 Å². The highest BCUT2D eigenvalue weighted by Gasteiger charge is 2.32. The Morgan fingerprint density at radius 3 is 2.40 bits per heavy atom. The number of thiophene rings is 1. The van der Waals surface area contributed by atoms with E-state index in [4.69, 9.17) is 0 Å². The molecule has 2 aliphatic rings. The maximum absolute atomic E-state index is 13.4. The molecule has 2 aliphatic heterocycles. The van der Waals surface area contributed by atoms with Gasteiger partial charge in [0, 0.05) is 43.2 Å². The van der Waals surface area contributed by atoms with E-state index in [0.29, 0.717) is 32.7 Å². The molecule has 2 aromatic carbocycles. The molecule has 0 spiro atoms. The van der Waals surface area contributed by atoms with Gasteiger partial charge < -0.3 is 9.80 Å². The summed E-state index contributed by atoms with van der Waals surface area (Å²) in [5.74, 6) is 0.221. The van der Waals surface area contributed by atoms with Crippen LogP contribution >= 0.6 is 11.3 Å². The van der Waals surface area contributed by atoms with E-state index in [1.165, 1.54) is 21.6 Å². The number of hydrogen-bond donors (Lipinski definition) is 0. The Balaban J connectivity index is 1.25. The van der Waals surface area contributed by atoms with Crippen molar-refractivity contribution in [2.24, 2.45) is 0 Å². The van der Waals surface area contributed by atoms with Gasteiger partial charge in [-0.05, 0) is 59.5 Å². The van der Waals surface area contributed by atoms with Crippen LogP contribution in [-0.4, -0.2) is 65.8 Å². The molecule has 35 heavy (non-hydrogen) atoms. The van der Waals surface area contributed by atoms with Crippen molar-refractivity contribution < 1.29 is 9.59 Å². The molecule has 2 amide bonds. The van der Waals surface area contributed by atoms with Gasteiger partial charge in [-0.1, -0.05) is 49.4 Å². The maximum atomic E-state index is 13.4. The number of hydrogen-bond acceptors (Lipinski definition) is 4. The predicted octanol–water partition coefficient (Wildman–Crippen LogP) is 4.63. The van der Waals surface area contributed by atoms with Crippen molar-refractivity contribution >= 4 is 23.2 Å². The lowest BCUT2D eigenvalue weighted by molar-refractivity contribution is -0.132. The van der Waals surface area contributed by atoms with Crippen molar-refractivity contribution in [2.45, 2.75) is 32.2 Å². The standard InChI is InChI=1S/C29H33N3O2S/c1-2-22-9-11-24(12-10-22)29(34)31-16-6-15-30(18-19-31)27(33)21-32-17-13-26-25(14-20-35-26)28(32)23-7-4-3-5-8-23/h3-5,7-12,14,20,28H,2,6,13,15-19,21H2,1H3. The van der Waals surface area contributed by atoms with Gasteiger partial charge in [-0.15, -0.1) is 11.3 Å². The summed E-state index contributed by atoms with van der Waals surface area (Å²) in [6.45, 7) is 5.95. The number of carbonyl (C=O) groups is 2. The first-order chi connectivity index (χ1) is 17.1. The first kappa shape index (κ1) is 23.8. The fourth-order valence-corrected chi connectivity index (χ4v) is 6.18. The molecular weight excluding hydrogens is 454 g/mol. The van der Waals surface area contributed by atoms with Crippen molar-refractivity contribution in [2.75, 3.05) is 39.3 Å². The summed E-state index contributed by atoms with van der Waals surface area (Å²) in [4.78, 5) is 34.1. The Kier molecular flexibility index (Phi) is 7.30. The number of nitrogens with zero attached hydrogens (tertiary/aromatic N) is 3. The van der Waals surface area contributed by atoms with Gasteiger partial charge in [-0.2, -0.15) is 0 Å². The zero-order valence-corrected chi connectivity index (χ0v) is 21.2. The number of fused-ring (bicyclic) bond motifs is 1. The van der Waals surface area contributed by atoms with Crippen LogP contribution in [0.5, 0.6) is 0 Å². The zero-order valence-electron chi connectivity index (χ0n) is 20.4. The van der Waals surface area contributed by atoms with Gasteiger partial charge in [0.25, 0.3) is 5.91 Å². The molecule has 1 saturated heterocycles. The lowest BCUT2D eigenvalue weighted by Gasteiger charge is -2.37. The van der Waals surface area contributed by atoms with Crippen LogP contribution in [0.4, 0.5) is 0 Å². The molecule has 3 heterocycles. The Bertz CT molecular complexity index is 1160. The van der Waals surface area contributed by atoms with E-state index in [-0.39, 0.29) is 17.9 Å². The minimum absolute atomic E-state index is 0.0621. The number of amides is 2. The lowest BCUT2D eigenvalue weighted by atomic mass is 9.93. The molecule has 1 fully saturated rings. The first-order valence-corrected chi connectivity index (χ1v) is 13.5. The average Bonchev–Trinajstić information content (AvgIpc) is 3.24. The summed E-state index contributed by atoms with van der Waals surface area (Å²) in [5.41, 5.74) is 4.53. The van der Waals surface area contributed by atoms with Gasteiger partial charge in [0.2, 0.25) is 5.91 Å². The smallest absolute Gasteiger partial charge is 0.253 e. The van der Waals surface area contributed by atoms with E-state index < -0.39 is 0 Å². The number of aryl methyl sites for hydroxylation is 1. The predicted molar refractivity (Wildman–Crippen MR) is 141 cm³/mol. The zero-order chi connectivity index (χ0) is 24.2. The fourth-order valence-electron chi connectivity index (χ4n) is 5.27. The van der Waals surface area contributed by atoms with E-state index in [0.717, 1.165) is 31.4 Å². The molecule has 0 bridgehead atoms. The molecule has 6 heteroatoms. The molecule has 0 radical (unpaired) electrons. The summed E-state index contributed by atoms with van der Waals surface area (Å²) in [7, 11) is 0. The van der Waals surface area contributed by atoms with Crippen LogP contribution in [0, 0.1) is 0 Å². The maximum Gasteiger partial charge on any atom is 0.253 e. The molecule has 1 unspecified atom stereocenters. The first-order valence-electron chi connectivity index (χ1n) is 12.7. The van der Waals surface area contributed by atoms with Crippen LogP contribution in [0.3, 0.4) is 0 Å². The number of benzene rings is 2. The number of carbonyl (C=O) groups excluding carboxylic acids is 2. The minimum atomic E-state index is 0.0621. The molecule has 0 aliphatic carbocycles. The monoisotopic (exact) mass is 487 g/mol. The van der Waals surface area contributed by atoms with Crippen molar-refractivity contribution in [1.29, 1.82) is 0 Å². The second kappa shape index (κ2) is 10.8. The molecule has 0 saturated carbocycles. The second-order valence-corrected chi connectivity index (χ2v) is 10.4. The molecule has 182 valence electrons. The van der Waals surface area contributed by atoms with Gasteiger partial charge in [0.1, 0.15) is 0 Å². The molecule has 1 atom stereocenters. The van der Waals surface area contributed by atoms with Crippen LogP contribution in [0.25, 0.3) is 0 Å². The van der Waals surface area contributed by atoms with Gasteiger partial charge in [-0.3, -0.25) is 14.5 Å². The van der Waals surface area contributed by atoms with E-state index in [1.54, 1.807) is 0 Å². The molecule has 5 rings (SSSR count). The van der Waals surface area contributed by atoms with Gasteiger partial charge in [0.05, 0.1) is 12.6 Å². The van der Waals surface area contributed by atoms with Crippen molar-refractivity contribution in [3.05, 3.63) is 93.2 Å². The molecule has 5 nitrogen and oxygen atoms in total. The Morgan fingerprint density at radius 1 is 0.886 bits per heavy atom. The fraction of sp³-hybridized carbons (Fsp3) is 0.379. The lowest BCUT2D eigenvalue weighted by Crippen LogP contribution is -2.45. The topological polar surface area (TPSA) is 43.9 Å². The Hall–Kier alpha value is -2.96. The minimum Gasteiger partial charge on any atom is -0.340 e. The Labute approximate surface area is 212 Å². The molecular formula is C29H33N3O2S. The summed E-state index contributed by atoms with van der Waals surface area (Å²) in [5, 5.41) is 2.17. The highest BCUT2D eigenvalue weighted by molar-refractivity contribution is 7.10. The third-order valence-electron chi connectivity index (χ3n) is 7.26. The van der Waals surface area contributed by atoms with Crippen LogP contribution in [0.15, 0.2) is 66.0 Å². The third-order valence-corrected chi connectivity index (χ3v) is 8.26. The highest BCUT2D eigenvalue weighted by atomic mass is 32.1. The van der Waals surface area contributed by atoms with Crippen LogP contribution in [0.1, 0.15) is 51.3 Å². The van der Waals surface area contributed by atoms with Gasteiger partial charge >= 0.3 is 0 Å². The third kappa shape index (κ3) is 5.19. The van der Waals surface area contributed by atoms with E-state index in [9.17, 15) is 9.59 Å². The van der Waals surface area contributed by atoms with Gasteiger partial charge in [0.15, 0.2) is 0 Å². The second-order valence-electron chi connectivity index (χ2n) is 9.41. The Morgan fingerprint density at radius 2 is 1.63 bits per heavy atom. The largest absolute Gasteiger partial charge is 0.340 e. The van der Waals surface area contributed by atoms with E-state index in [2.05, 4.69) is 47.5 Å². The molecule has 1 aromatic heterocycles. The highest BCUT2D eigenvalue weighted by Crippen LogP contribution is 2.37. The molecule has 0 N–H and O–H groups in total. The van der Waals surface area contributed by atoms with E-state index >= 15 is 0 Å². The average molecular weight is 488 g/mol. The number of rotatable bonds is 5. The quantitative estimate of drug-likeness (QED) is 0.527. The van der Waals surface area contributed by atoms with E-state index in [1.807, 2.05) is 51.5 Å². The summed E-state index contributed by atoms with van der Waals surface area (Å²) >= 11 is 1.82. The van der Waals surface area contributed by atoms with Crippen molar-refractivity contribution in [1.82, 2.24) is 14.7 Å². The summed E-state index contributed by atoms with van der Waals surface area (Å²) in [6, 6.07) is 20.8. The van der Waals surface area contributed by atoms with Crippen molar-refractivity contribution in [3.63, 3.8) is 0 Å². The summed E-state index contributed by atoms with van der Waals surface area (Å²) < 4.78 is 0. The van der Waals surface area contributed by atoms with Crippen LogP contribution in [-0.2, 0) is 17.6 Å². The van der Waals surface area contributed by atoms with Crippen LogP contribution in [0.2, 0.25) is 0 Å². The SMILES string of the molecule is CCc1ccc(C(=O)N2CCCN(C(=O)CN3CCc4sccc4C3c3ccccc3)CC2)cc1. The van der Waals surface area contributed by atoms with Gasteiger partial charge in [-0.25, -0.2) is 0 Å². The summed E-state index contributed by atoms with van der Waals surface area (Å²) in [6.07, 6.45) is 2.76.